The molecule has 0 nitrogen and oxygen atoms in total. The van der Waals surface area contributed by atoms with Gasteiger partial charge in [0.15, 0.2) is 0 Å². The van der Waals surface area contributed by atoms with E-state index in [9.17, 15) is 0 Å². The third-order valence-corrected chi connectivity index (χ3v) is 10.7. The molecule has 1 aromatic rings. The van der Waals surface area contributed by atoms with E-state index in [-0.39, 0.29) is 0 Å². The van der Waals surface area contributed by atoms with Crippen LogP contribution in [0.3, 0.4) is 0 Å². The molecule has 0 radical (unpaired) electrons. The third-order valence-electron chi connectivity index (χ3n) is 10.7. The van der Waals surface area contributed by atoms with Gasteiger partial charge in [-0.3, -0.25) is 0 Å². The number of hydrogen-bond acceptors (Lipinski definition) is 0. The molecule has 9 aliphatic carbocycles. The molecule has 10 rings (SSSR count). The Labute approximate surface area is 175 Å². The Bertz CT molecular complexity index is 904. The molecule has 0 amide bonds. The van der Waals surface area contributed by atoms with Crippen molar-refractivity contribution in [2.45, 2.75) is 64.2 Å². The molecule has 8 saturated carbocycles. The van der Waals surface area contributed by atoms with Crippen LogP contribution in [0.25, 0.3) is 5.57 Å². The van der Waals surface area contributed by atoms with E-state index in [0.717, 1.165) is 53.3 Å². The summed E-state index contributed by atoms with van der Waals surface area (Å²) in [6, 6.07) is 11.8. The minimum Gasteiger partial charge on any atom is -0.0622 e. The minimum absolute atomic E-state index is 0.806. The summed E-state index contributed by atoms with van der Waals surface area (Å²) in [6.07, 6.45) is 15.4. The van der Waals surface area contributed by atoms with Crippen LogP contribution in [0.2, 0.25) is 0 Å². The second-order valence-corrected chi connectivity index (χ2v) is 12.2. The van der Waals surface area contributed by atoms with E-state index in [0.29, 0.717) is 0 Å². The molecular formula is C29H34. The van der Waals surface area contributed by atoms with Gasteiger partial charge in [0.05, 0.1) is 0 Å². The van der Waals surface area contributed by atoms with Gasteiger partial charge in [0, 0.05) is 5.92 Å². The molecule has 0 aromatic heterocycles. The maximum absolute atomic E-state index is 2.47. The quantitative estimate of drug-likeness (QED) is 0.479. The maximum Gasteiger partial charge on any atom is 0.00943 e. The Morgan fingerprint density at radius 3 is 1.69 bits per heavy atom. The molecule has 9 atom stereocenters. The van der Waals surface area contributed by atoms with E-state index in [1.165, 1.54) is 25.7 Å². The van der Waals surface area contributed by atoms with Crippen molar-refractivity contribution in [1.82, 2.24) is 0 Å². The molecule has 0 spiro atoms. The lowest BCUT2D eigenvalue weighted by Crippen LogP contribution is -2.29. The standard InChI is InChI=1S/C29H34/c1-2-4-20(5-3-1)25-26-21-8-16-6-17(9-21)13-23(12-16)28(26)29-24-14-18-7-19(15-24)11-22(10-18)27(25)29/h1-5,16-19,21-24,26H,6-15H2/t16-,17+,18-,19+,21?,22?,23?,24?,26-/m0/s1. The Hall–Kier alpha value is -1.30. The lowest BCUT2D eigenvalue weighted by Gasteiger charge is -2.39. The number of hydrogen-bond donors (Lipinski definition) is 0. The second-order valence-electron chi connectivity index (χ2n) is 12.2. The number of rotatable bonds is 1. The van der Waals surface area contributed by atoms with Crippen molar-refractivity contribution in [3.63, 3.8) is 0 Å². The van der Waals surface area contributed by atoms with E-state index in [2.05, 4.69) is 30.3 Å². The molecule has 29 heavy (non-hydrogen) atoms. The fraction of sp³-hybridized carbons (Fsp3) is 0.655. The predicted octanol–water partition coefficient (Wildman–Crippen LogP) is 7.28. The average molecular weight is 383 g/mol. The molecular weight excluding hydrogens is 348 g/mol. The van der Waals surface area contributed by atoms with Gasteiger partial charge in [-0.15, -0.1) is 0 Å². The SMILES string of the molecule is c1ccc(C2=C3C(=C4C5C[C@@H]6CC(C[C@H](C5)C6)[C@@H]24)C2C[C@H]4CC3C[C@@H](C2)C4)cc1. The molecule has 0 aliphatic heterocycles. The molecule has 8 bridgehead atoms. The average Bonchev–Trinajstić information content (AvgIpc) is 2.88. The number of benzene rings is 1. The zero-order valence-electron chi connectivity index (χ0n) is 17.7. The molecule has 9 aliphatic rings. The summed E-state index contributed by atoms with van der Waals surface area (Å²) in [5.41, 5.74) is 9.46. The van der Waals surface area contributed by atoms with Crippen molar-refractivity contribution in [3.05, 3.63) is 52.6 Å². The van der Waals surface area contributed by atoms with Gasteiger partial charge in [-0.05, 0) is 134 Å². The largest absolute Gasteiger partial charge is 0.0622 e. The van der Waals surface area contributed by atoms with Crippen LogP contribution >= 0.6 is 0 Å². The Balaban J connectivity index is 1.41. The van der Waals surface area contributed by atoms with Gasteiger partial charge in [0.25, 0.3) is 0 Å². The van der Waals surface area contributed by atoms with E-state index in [1.54, 1.807) is 44.1 Å². The molecule has 150 valence electrons. The van der Waals surface area contributed by atoms with Crippen molar-refractivity contribution in [2.24, 2.45) is 53.3 Å². The summed E-state index contributed by atoms with van der Waals surface area (Å²) in [5.74, 6) is 8.71. The Morgan fingerprint density at radius 2 is 1.03 bits per heavy atom. The van der Waals surface area contributed by atoms with Gasteiger partial charge < -0.3 is 0 Å². The molecule has 1 aromatic carbocycles. The van der Waals surface area contributed by atoms with Crippen LogP contribution < -0.4 is 0 Å². The first-order valence-electron chi connectivity index (χ1n) is 12.9. The van der Waals surface area contributed by atoms with Gasteiger partial charge in [0.2, 0.25) is 0 Å². The highest BCUT2D eigenvalue weighted by Crippen LogP contribution is 2.68. The van der Waals surface area contributed by atoms with Crippen molar-refractivity contribution in [2.75, 3.05) is 0 Å². The van der Waals surface area contributed by atoms with Crippen LogP contribution in [0.15, 0.2) is 47.1 Å². The Morgan fingerprint density at radius 1 is 0.483 bits per heavy atom. The van der Waals surface area contributed by atoms with Crippen molar-refractivity contribution < 1.29 is 0 Å². The Kier molecular flexibility index (Phi) is 3.21. The van der Waals surface area contributed by atoms with Crippen LogP contribution in [-0.2, 0) is 0 Å². The smallest absolute Gasteiger partial charge is 0.00943 e. The maximum atomic E-state index is 2.47. The second kappa shape index (κ2) is 5.68. The topological polar surface area (TPSA) is 0 Å². The first kappa shape index (κ1) is 16.4. The third kappa shape index (κ3) is 2.17. The summed E-state index contributed by atoms with van der Waals surface area (Å²) in [6.45, 7) is 0. The first-order valence-corrected chi connectivity index (χ1v) is 12.9. The normalized spacial score (nSPS) is 48.8. The van der Waals surface area contributed by atoms with Gasteiger partial charge in [-0.1, -0.05) is 35.9 Å². The number of allylic oxidation sites excluding steroid dienone is 4. The van der Waals surface area contributed by atoms with Gasteiger partial charge in [0.1, 0.15) is 0 Å². The van der Waals surface area contributed by atoms with Crippen molar-refractivity contribution >= 4 is 5.57 Å². The van der Waals surface area contributed by atoms with Crippen molar-refractivity contribution in [3.8, 4) is 0 Å². The van der Waals surface area contributed by atoms with Crippen LogP contribution in [0, 0.1) is 53.3 Å². The van der Waals surface area contributed by atoms with Gasteiger partial charge >= 0.3 is 0 Å². The zero-order chi connectivity index (χ0) is 18.7. The highest BCUT2D eigenvalue weighted by atomic mass is 14.6. The van der Waals surface area contributed by atoms with E-state index in [4.69, 9.17) is 0 Å². The lowest BCUT2D eigenvalue weighted by atomic mass is 9.65. The van der Waals surface area contributed by atoms with E-state index < -0.39 is 0 Å². The molecule has 0 N–H and O–H groups in total. The monoisotopic (exact) mass is 382 g/mol. The molecule has 4 unspecified atom stereocenters. The van der Waals surface area contributed by atoms with Crippen LogP contribution in [0.4, 0.5) is 0 Å². The molecule has 0 heteroatoms. The fourth-order valence-electron chi connectivity index (χ4n) is 10.4. The highest BCUT2D eigenvalue weighted by Gasteiger charge is 2.55. The highest BCUT2D eigenvalue weighted by molar-refractivity contribution is 5.82. The molecule has 8 fully saturated rings. The van der Waals surface area contributed by atoms with E-state index in [1.807, 2.05) is 22.3 Å². The zero-order valence-corrected chi connectivity index (χ0v) is 17.7. The minimum atomic E-state index is 0.806. The van der Waals surface area contributed by atoms with E-state index >= 15 is 0 Å². The first-order chi connectivity index (χ1) is 14.3. The van der Waals surface area contributed by atoms with Gasteiger partial charge in [-0.2, -0.15) is 0 Å². The summed E-state index contributed by atoms with van der Waals surface area (Å²) in [5, 5.41) is 0. The summed E-state index contributed by atoms with van der Waals surface area (Å²) in [4.78, 5) is 0. The van der Waals surface area contributed by atoms with Crippen LogP contribution in [0.5, 0.6) is 0 Å². The molecule has 0 saturated heterocycles. The van der Waals surface area contributed by atoms with Gasteiger partial charge in [-0.25, -0.2) is 0 Å². The van der Waals surface area contributed by atoms with Crippen molar-refractivity contribution in [1.29, 1.82) is 0 Å². The summed E-state index contributed by atoms with van der Waals surface area (Å²) < 4.78 is 0. The lowest BCUT2D eigenvalue weighted by molar-refractivity contribution is 0.131. The van der Waals surface area contributed by atoms with Crippen LogP contribution in [-0.4, -0.2) is 0 Å². The predicted molar refractivity (Wildman–Crippen MR) is 118 cm³/mol. The fourth-order valence-corrected chi connectivity index (χ4v) is 10.4. The summed E-state index contributed by atoms with van der Waals surface area (Å²) >= 11 is 0. The molecule has 0 heterocycles. The summed E-state index contributed by atoms with van der Waals surface area (Å²) in [7, 11) is 0. The van der Waals surface area contributed by atoms with Crippen LogP contribution in [0.1, 0.15) is 69.8 Å².